The molecule has 2 rings (SSSR count). The predicted octanol–water partition coefficient (Wildman–Crippen LogP) is 3.94. The van der Waals surface area contributed by atoms with Crippen LogP contribution in [0.25, 0.3) is 0 Å². The van der Waals surface area contributed by atoms with Crippen molar-refractivity contribution in [1.82, 2.24) is 9.97 Å². The quantitative estimate of drug-likeness (QED) is 0.853. The third kappa shape index (κ3) is 2.93. The number of hydrogen-bond donors (Lipinski definition) is 1. The zero-order valence-electron chi connectivity index (χ0n) is 8.54. The molecule has 5 heteroatoms. The molecular formula is C11H9BrClN3. The van der Waals surface area contributed by atoms with E-state index in [0.717, 1.165) is 16.1 Å². The summed E-state index contributed by atoms with van der Waals surface area (Å²) in [4.78, 5) is 8.40. The van der Waals surface area contributed by atoms with Gasteiger partial charge in [0.1, 0.15) is 16.2 Å². The third-order valence-corrected chi connectivity index (χ3v) is 2.55. The Bertz CT molecular complexity index is 496. The summed E-state index contributed by atoms with van der Waals surface area (Å²) in [5.41, 5.74) is 0.900. The van der Waals surface area contributed by atoms with Crippen molar-refractivity contribution in [2.24, 2.45) is 0 Å². The summed E-state index contributed by atoms with van der Waals surface area (Å²) in [6.07, 6.45) is 0. The van der Waals surface area contributed by atoms with Gasteiger partial charge in [-0.3, -0.25) is 0 Å². The van der Waals surface area contributed by atoms with Gasteiger partial charge in [-0.05, 0) is 41.1 Å². The molecule has 1 aromatic carbocycles. The molecule has 0 radical (unpaired) electrons. The first-order chi connectivity index (χ1) is 7.63. The lowest BCUT2D eigenvalue weighted by molar-refractivity contribution is 1.04. The smallest absolute Gasteiger partial charge is 0.135 e. The van der Waals surface area contributed by atoms with Crippen molar-refractivity contribution in [3.63, 3.8) is 0 Å². The number of benzene rings is 1. The highest BCUT2D eigenvalue weighted by Crippen LogP contribution is 2.20. The monoisotopic (exact) mass is 297 g/mol. The van der Waals surface area contributed by atoms with Crippen molar-refractivity contribution >= 4 is 39.0 Å². The number of halogens is 2. The Morgan fingerprint density at radius 1 is 1.25 bits per heavy atom. The topological polar surface area (TPSA) is 37.8 Å². The molecule has 0 amide bonds. The number of aromatic nitrogens is 2. The van der Waals surface area contributed by atoms with E-state index in [1.807, 2.05) is 37.3 Å². The molecule has 2 aromatic rings. The van der Waals surface area contributed by atoms with Crippen LogP contribution >= 0.6 is 27.5 Å². The average Bonchev–Trinajstić information content (AvgIpc) is 2.15. The van der Waals surface area contributed by atoms with E-state index in [4.69, 9.17) is 11.6 Å². The molecule has 16 heavy (non-hydrogen) atoms. The molecule has 0 saturated carbocycles. The van der Waals surface area contributed by atoms with E-state index in [-0.39, 0.29) is 0 Å². The van der Waals surface area contributed by atoms with Crippen molar-refractivity contribution < 1.29 is 0 Å². The number of nitrogens with one attached hydrogen (secondary N) is 1. The Hall–Kier alpha value is -1.13. The summed E-state index contributed by atoms with van der Waals surface area (Å²) in [6, 6.07) is 9.29. The number of aryl methyl sites for hydroxylation is 1. The fourth-order valence-electron chi connectivity index (χ4n) is 1.31. The van der Waals surface area contributed by atoms with Crippen molar-refractivity contribution in [3.05, 3.63) is 45.8 Å². The van der Waals surface area contributed by atoms with E-state index < -0.39 is 0 Å². The minimum absolute atomic E-state index is 0.690. The first kappa shape index (κ1) is 11.4. The molecule has 1 aromatic heterocycles. The molecule has 0 saturated heterocycles. The zero-order valence-corrected chi connectivity index (χ0v) is 10.9. The lowest BCUT2D eigenvalue weighted by atomic mass is 10.3. The molecule has 0 atom stereocenters. The Labute approximate surface area is 107 Å². The third-order valence-electron chi connectivity index (χ3n) is 1.90. The summed E-state index contributed by atoms with van der Waals surface area (Å²) in [7, 11) is 0. The van der Waals surface area contributed by atoms with Crippen LogP contribution < -0.4 is 5.32 Å². The Kier molecular flexibility index (Phi) is 3.41. The molecule has 0 aliphatic rings. The maximum Gasteiger partial charge on any atom is 0.135 e. The Balaban J connectivity index is 2.27. The molecule has 0 bridgehead atoms. The lowest BCUT2D eigenvalue weighted by Gasteiger charge is -2.06. The van der Waals surface area contributed by atoms with Gasteiger partial charge in [-0.15, -0.1) is 0 Å². The minimum atomic E-state index is 0.690. The van der Waals surface area contributed by atoms with Crippen molar-refractivity contribution in [2.45, 2.75) is 6.92 Å². The second-order valence-electron chi connectivity index (χ2n) is 3.26. The highest BCUT2D eigenvalue weighted by atomic mass is 79.9. The van der Waals surface area contributed by atoms with E-state index in [1.165, 1.54) is 0 Å². The van der Waals surface area contributed by atoms with Crippen LogP contribution in [0, 0.1) is 6.92 Å². The number of anilines is 2. The van der Waals surface area contributed by atoms with Crippen LogP contribution in [0.15, 0.2) is 34.9 Å². The Morgan fingerprint density at radius 2 is 2.06 bits per heavy atom. The van der Waals surface area contributed by atoms with Gasteiger partial charge in [-0.1, -0.05) is 17.7 Å². The van der Waals surface area contributed by atoms with Crippen LogP contribution in [-0.2, 0) is 0 Å². The molecule has 1 N–H and O–H groups in total. The maximum atomic E-state index is 5.89. The molecule has 0 aliphatic carbocycles. The minimum Gasteiger partial charge on any atom is -0.340 e. The maximum absolute atomic E-state index is 5.89. The summed E-state index contributed by atoms with van der Waals surface area (Å²) in [5, 5.41) is 3.85. The second-order valence-corrected chi connectivity index (χ2v) is 4.51. The summed E-state index contributed by atoms with van der Waals surface area (Å²) < 4.78 is 0.754. The molecule has 82 valence electrons. The number of hydrogen-bond acceptors (Lipinski definition) is 3. The van der Waals surface area contributed by atoms with Gasteiger partial charge in [0.05, 0.1) is 0 Å². The van der Waals surface area contributed by atoms with Gasteiger partial charge in [0.25, 0.3) is 0 Å². The van der Waals surface area contributed by atoms with E-state index >= 15 is 0 Å². The van der Waals surface area contributed by atoms with Gasteiger partial charge in [0, 0.05) is 16.8 Å². The van der Waals surface area contributed by atoms with Crippen LogP contribution in [0.5, 0.6) is 0 Å². The number of rotatable bonds is 2. The fourth-order valence-corrected chi connectivity index (χ4v) is 1.97. The van der Waals surface area contributed by atoms with Crippen LogP contribution in [0.2, 0.25) is 5.02 Å². The van der Waals surface area contributed by atoms with Crippen molar-refractivity contribution in [1.29, 1.82) is 0 Å². The van der Waals surface area contributed by atoms with E-state index in [9.17, 15) is 0 Å². The standard InChI is InChI=1S/C11H9BrClN3/c1-7-14-10(12)6-11(15-7)16-9-4-2-3-8(13)5-9/h2-6H,1H3,(H,14,15,16). The summed E-state index contributed by atoms with van der Waals surface area (Å²) in [6.45, 7) is 1.84. The Morgan fingerprint density at radius 3 is 2.75 bits per heavy atom. The highest BCUT2D eigenvalue weighted by Gasteiger charge is 2.00. The molecule has 3 nitrogen and oxygen atoms in total. The van der Waals surface area contributed by atoms with Gasteiger partial charge in [0.2, 0.25) is 0 Å². The SMILES string of the molecule is Cc1nc(Br)cc(Nc2cccc(Cl)c2)n1. The molecular weight excluding hydrogens is 289 g/mol. The van der Waals surface area contributed by atoms with Gasteiger partial charge in [0.15, 0.2) is 0 Å². The van der Waals surface area contributed by atoms with Gasteiger partial charge >= 0.3 is 0 Å². The van der Waals surface area contributed by atoms with Crippen molar-refractivity contribution in [3.8, 4) is 0 Å². The van der Waals surface area contributed by atoms with E-state index in [1.54, 1.807) is 0 Å². The fraction of sp³-hybridized carbons (Fsp3) is 0.0909. The van der Waals surface area contributed by atoms with Crippen molar-refractivity contribution in [2.75, 3.05) is 5.32 Å². The van der Waals surface area contributed by atoms with Crippen LogP contribution in [0.1, 0.15) is 5.82 Å². The zero-order chi connectivity index (χ0) is 11.5. The largest absolute Gasteiger partial charge is 0.340 e. The summed E-state index contributed by atoms with van der Waals surface area (Å²) >= 11 is 9.22. The van der Waals surface area contributed by atoms with Gasteiger partial charge in [-0.25, -0.2) is 9.97 Å². The van der Waals surface area contributed by atoms with Crippen LogP contribution in [0.4, 0.5) is 11.5 Å². The lowest BCUT2D eigenvalue weighted by Crippen LogP contribution is -1.97. The van der Waals surface area contributed by atoms with Crippen LogP contribution in [-0.4, -0.2) is 9.97 Å². The molecule has 0 aliphatic heterocycles. The van der Waals surface area contributed by atoms with Gasteiger partial charge < -0.3 is 5.32 Å². The summed E-state index contributed by atoms with van der Waals surface area (Å²) in [5.74, 6) is 1.44. The second kappa shape index (κ2) is 4.80. The molecule has 0 unspecified atom stereocenters. The predicted molar refractivity (Wildman–Crippen MR) is 69.2 cm³/mol. The molecule has 0 spiro atoms. The average molecular weight is 299 g/mol. The van der Waals surface area contributed by atoms with E-state index in [2.05, 4.69) is 31.2 Å². The van der Waals surface area contributed by atoms with Crippen LogP contribution in [0.3, 0.4) is 0 Å². The van der Waals surface area contributed by atoms with Gasteiger partial charge in [-0.2, -0.15) is 0 Å². The van der Waals surface area contributed by atoms with E-state index in [0.29, 0.717) is 10.8 Å². The first-order valence-corrected chi connectivity index (χ1v) is 5.84. The molecule has 1 heterocycles. The number of nitrogens with zero attached hydrogens (tertiary/aromatic N) is 2. The highest BCUT2D eigenvalue weighted by molar-refractivity contribution is 9.10. The normalized spacial score (nSPS) is 10.2. The first-order valence-electron chi connectivity index (χ1n) is 4.67. The molecule has 0 fully saturated rings.